The van der Waals surface area contributed by atoms with E-state index in [1.165, 1.54) is 29.0 Å². The molecule has 0 bridgehead atoms. The summed E-state index contributed by atoms with van der Waals surface area (Å²) in [6.45, 7) is 7.15. The summed E-state index contributed by atoms with van der Waals surface area (Å²) in [4.78, 5) is 53.3. The summed E-state index contributed by atoms with van der Waals surface area (Å²) in [6.07, 6.45) is 4.79. The van der Waals surface area contributed by atoms with Gasteiger partial charge in [-0.25, -0.2) is 9.78 Å². The number of benzene rings is 1. The van der Waals surface area contributed by atoms with Gasteiger partial charge < -0.3 is 14.0 Å². The number of ether oxygens (including phenoxy) is 2. The number of imidazole rings is 1. The van der Waals surface area contributed by atoms with Crippen molar-refractivity contribution in [2.45, 2.75) is 53.6 Å². The zero-order chi connectivity index (χ0) is 25.0. The van der Waals surface area contributed by atoms with Crippen LogP contribution in [-0.4, -0.2) is 30.6 Å². The van der Waals surface area contributed by atoms with E-state index in [1.807, 2.05) is 13.8 Å². The van der Waals surface area contributed by atoms with Gasteiger partial charge in [-0.2, -0.15) is 0 Å². The van der Waals surface area contributed by atoms with Crippen molar-refractivity contribution in [3.05, 3.63) is 50.4 Å². The molecule has 0 unspecified atom stereocenters. The minimum atomic E-state index is -0.554. The summed E-state index contributed by atoms with van der Waals surface area (Å²) in [5.41, 5.74) is 0.617. The predicted molar refractivity (Wildman–Crippen MR) is 128 cm³/mol. The fraction of sp³-hybridized carbons (Fsp3) is 0.375. The Balaban J connectivity index is 2.10. The maximum Gasteiger partial charge on any atom is 0.332 e. The molecule has 34 heavy (non-hydrogen) atoms. The maximum atomic E-state index is 13.1. The average molecular weight is 469 g/mol. The number of aromatic nitrogens is 4. The molecule has 0 fully saturated rings. The first kappa shape index (κ1) is 24.7. The second kappa shape index (κ2) is 10.3. The van der Waals surface area contributed by atoms with Crippen LogP contribution in [-0.2, 0) is 29.7 Å². The summed E-state index contributed by atoms with van der Waals surface area (Å²) in [6, 6.07) is 4.77. The van der Waals surface area contributed by atoms with Gasteiger partial charge in [0, 0.05) is 34.0 Å². The third-order valence-electron chi connectivity index (χ3n) is 5.07. The Kier molecular flexibility index (Phi) is 7.50. The third kappa shape index (κ3) is 5.00. The minimum absolute atomic E-state index is 0.106. The van der Waals surface area contributed by atoms with Crippen molar-refractivity contribution in [1.29, 1.82) is 0 Å². The molecule has 0 spiro atoms. The molecule has 2 heterocycles. The highest BCUT2D eigenvalue weighted by Crippen LogP contribution is 2.29. The van der Waals surface area contributed by atoms with Crippen LogP contribution in [0.2, 0.25) is 0 Å². The third-order valence-corrected chi connectivity index (χ3v) is 5.07. The van der Waals surface area contributed by atoms with Gasteiger partial charge in [0.05, 0.1) is 0 Å². The molecule has 0 aliphatic heterocycles. The van der Waals surface area contributed by atoms with Gasteiger partial charge in [0.2, 0.25) is 0 Å². The molecular weight excluding hydrogens is 440 g/mol. The first-order chi connectivity index (χ1) is 16.2. The van der Waals surface area contributed by atoms with Crippen LogP contribution < -0.4 is 20.7 Å². The van der Waals surface area contributed by atoms with Crippen molar-refractivity contribution in [2.24, 2.45) is 7.05 Å². The fourth-order valence-corrected chi connectivity index (χ4v) is 3.65. The van der Waals surface area contributed by atoms with E-state index < -0.39 is 11.9 Å². The second-order valence-electron chi connectivity index (χ2n) is 7.82. The van der Waals surface area contributed by atoms with Gasteiger partial charge in [0.1, 0.15) is 5.82 Å². The molecule has 0 saturated carbocycles. The van der Waals surface area contributed by atoms with Gasteiger partial charge in [-0.15, -0.1) is 0 Å². The largest absolute Gasteiger partial charge is 0.423 e. The van der Waals surface area contributed by atoms with Crippen LogP contribution in [0.15, 0.2) is 27.8 Å². The van der Waals surface area contributed by atoms with Gasteiger partial charge in [0.25, 0.3) is 5.56 Å². The van der Waals surface area contributed by atoms with Crippen LogP contribution in [0.1, 0.15) is 51.9 Å². The van der Waals surface area contributed by atoms with Crippen molar-refractivity contribution >= 4 is 35.3 Å². The summed E-state index contributed by atoms with van der Waals surface area (Å²) >= 11 is 0. The monoisotopic (exact) mass is 468 g/mol. The molecule has 0 saturated heterocycles. The Morgan fingerprint density at radius 2 is 1.56 bits per heavy atom. The number of rotatable bonds is 8. The van der Waals surface area contributed by atoms with Crippen LogP contribution >= 0.6 is 0 Å². The predicted octanol–water partition coefficient (Wildman–Crippen LogP) is 2.74. The molecule has 1 aromatic carbocycles. The first-order valence-corrected chi connectivity index (χ1v) is 11.1. The smallest absolute Gasteiger partial charge is 0.332 e. The molecule has 0 amide bonds. The van der Waals surface area contributed by atoms with E-state index in [2.05, 4.69) is 4.98 Å². The Morgan fingerprint density at radius 1 is 0.941 bits per heavy atom. The van der Waals surface area contributed by atoms with Gasteiger partial charge in [-0.1, -0.05) is 26.0 Å². The summed E-state index contributed by atoms with van der Waals surface area (Å²) < 4.78 is 14.7. The Hall–Kier alpha value is -3.95. The van der Waals surface area contributed by atoms with Gasteiger partial charge >= 0.3 is 17.6 Å². The molecule has 0 aliphatic rings. The molecule has 0 N–H and O–H groups in total. The van der Waals surface area contributed by atoms with Crippen LogP contribution in [0.25, 0.3) is 23.3 Å². The number of carbonyl (C=O) groups excluding carboxylic acids is 2. The number of esters is 2. The Morgan fingerprint density at radius 3 is 2.18 bits per heavy atom. The Bertz CT molecular complexity index is 1390. The number of fused-ring (bicyclic) bond motifs is 1. The Labute approximate surface area is 196 Å². The van der Waals surface area contributed by atoms with E-state index in [1.54, 1.807) is 35.9 Å². The zero-order valence-corrected chi connectivity index (χ0v) is 20.0. The number of hydrogen-bond acceptors (Lipinski definition) is 7. The van der Waals surface area contributed by atoms with E-state index in [0.29, 0.717) is 48.5 Å². The summed E-state index contributed by atoms with van der Waals surface area (Å²) in [7, 11) is 1.72. The van der Waals surface area contributed by atoms with E-state index in [9.17, 15) is 19.2 Å². The minimum Gasteiger partial charge on any atom is -0.423 e. The molecule has 10 nitrogen and oxygen atoms in total. The first-order valence-electron chi connectivity index (χ1n) is 11.1. The lowest BCUT2D eigenvalue weighted by atomic mass is 10.2. The molecular formula is C24H28N4O6. The molecule has 3 rings (SSSR count). The van der Waals surface area contributed by atoms with E-state index in [0.717, 1.165) is 0 Å². The lowest BCUT2D eigenvalue weighted by Gasteiger charge is -2.10. The lowest BCUT2D eigenvalue weighted by molar-refractivity contribution is -0.134. The topological polar surface area (TPSA) is 114 Å². The van der Waals surface area contributed by atoms with Crippen molar-refractivity contribution in [3.8, 4) is 11.5 Å². The van der Waals surface area contributed by atoms with Gasteiger partial charge in [0.15, 0.2) is 22.7 Å². The highest BCUT2D eigenvalue weighted by Gasteiger charge is 2.18. The van der Waals surface area contributed by atoms with Crippen LogP contribution in [0, 0.1) is 0 Å². The fourth-order valence-electron chi connectivity index (χ4n) is 3.65. The molecule has 0 aliphatic carbocycles. The zero-order valence-electron chi connectivity index (χ0n) is 20.0. The standard InChI is InChI=1S/C24H28N4O6/c1-6-12-27-22-21(23(31)28(13-7-2)24(27)32)26(5)20(25-22)11-9-17-8-10-18(33-15(3)29)19(14-17)34-16(4)30/h8-11,14H,6-7,12-13H2,1-5H3. The molecule has 3 aromatic rings. The van der Waals surface area contributed by atoms with Crippen LogP contribution in [0.5, 0.6) is 11.5 Å². The quantitative estimate of drug-likeness (QED) is 0.369. The number of carbonyl (C=O) groups is 2. The van der Waals surface area contributed by atoms with Gasteiger partial charge in [-0.3, -0.25) is 23.5 Å². The lowest BCUT2D eigenvalue weighted by Crippen LogP contribution is -2.40. The summed E-state index contributed by atoms with van der Waals surface area (Å²) in [5, 5.41) is 0. The van der Waals surface area contributed by atoms with E-state index in [-0.39, 0.29) is 22.7 Å². The SMILES string of the molecule is CCCn1c(=O)c2c(nc(C=Cc3ccc(OC(C)=O)c(OC(C)=O)c3)n2C)n(CCC)c1=O. The maximum absolute atomic E-state index is 13.1. The van der Waals surface area contributed by atoms with Crippen LogP contribution in [0.4, 0.5) is 0 Å². The van der Waals surface area contributed by atoms with Crippen molar-refractivity contribution < 1.29 is 19.1 Å². The number of hydrogen-bond donors (Lipinski definition) is 0. The molecule has 180 valence electrons. The summed E-state index contributed by atoms with van der Waals surface area (Å²) in [5.74, 6) is -0.384. The molecule has 2 aromatic heterocycles. The average Bonchev–Trinajstić information content (AvgIpc) is 3.10. The van der Waals surface area contributed by atoms with E-state index in [4.69, 9.17) is 9.47 Å². The van der Waals surface area contributed by atoms with Crippen molar-refractivity contribution in [2.75, 3.05) is 0 Å². The van der Waals surface area contributed by atoms with E-state index >= 15 is 0 Å². The van der Waals surface area contributed by atoms with Crippen molar-refractivity contribution in [3.63, 3.8) is 0 Å². The van der Waals surface area contributed by atoms with Gasteiger partial charge in [-0.05, 0) is 36.6 Å². The second-order valence-corrected chi connectivity index (χ2v) is 7.82. The normalized spacial score (nSPS) is 11.3. The molecule has 10 heteroatoms. The molecule has 0 radical (unpaired) electrons. The highest BCUT2D eigenvalue weighted by atomic mass is 16.6. The highest BCUT2D eigenvalue weighted by molar-refractivity contribution is 5.78. The number of nitrogens with zero attached hydrogens (tertiary/aromatic N) is 4. The molecule has 0 atom stereocenters. The van der Waals surface area contributed by atoms with Crippen molar-refractivity contribution in [1.82, 2.24) is 18.7 Å². The number of aryl methyl sites for hydroxylation is 2. The van der Waals surface area contributed by atoms with Crippen LogP contribution in [0.3, 0.4) is 0 Å².